The van der Waals surface area contributed by atoms with E-state index in [1.807, 2.05) is 17.5 Å². The Morgan fingerprint density at radius 1 is 1.17 bits per heavy atom. The first-order chi connectivity index (χ1) is 11.1. The monoisotopic (exact) mass is 316 g/mol. The zero-order chi connectivity index (χ0) is 16.0. The van der Waals surface area contributed by atoms with Crippen molar-refractivity contribution in [2.24, 2.45) is 0 Å². The number of nitrogens with zero attached hydrogens (tertiary/aromatic N) is 6. The summed E-state index contributed by atoms with van der Waals surface area (Å²) in [5.74, 6) is 1.02. The molecule has 2 aromatic heterocycles. The molecule has 7 heteroatoms. The molecule has 23 heavy (non-hydrogen) atoms. The number of hydrogen-bond acceptors (Lipinski definition) is 6. The second-order valence-electron chi connectivity index (χ2n) is 6.74. The van der Waals surface area contributed by atoms with Crippen molar-refractivity contribution in [2.75, 3.05) is 51.2 Å². The molecule has 0 saturated carbocycles. The molecule has 0 unspecified atom stereocenters. The lowest BCUT2D eigenvalue weighted by atomic mass is 10.1. The Balaban J connectivity index is 1.57. The van der Waals surface area contributed by atoms with E-state index in [-0.39, 0.29) is 12.1 Å². The second kappa shape index (κ2) is 5.74. The van der Waals surface area contributed by atoms with Crippen LogP contribution in [0.15, 0.2) is 18.3 Å². The van der Waals surface area contributed by atoms with Gasteiger partial charge in [0.25, 0.3) is 0 Å². The maximum Gasteiger partial charge on any atom is 0.157 e. The summed E-state index contributed by atoms with van der Waals surface area (Å²) >= 11 is 0. The van der Waals surface area contributed by atoms with Crippen LogP contribution in [0.3, 0.4) is 0 Å². The zero-order valence-corrected chi connectivity index (χ0v) is 13.8. The highest BCUT2D eigenvalue weighted by Crippen LogP contribution is 2.25. The molecular weight excluding hydrogens is 292 g/mol. The van der Waals surface area contributed by atoms with Crippen LogP contribution in [0, 0.1) is 6.92 Å². The Labute approximate surface area is 136 Å². The van der Waals surface area contributed by atoms with Gasteiger partial charge in [-0.25, -0.2) is 4.98 Å². The molecule has 2 aliphatic rings. The van der Waals surface area contributed by atoms with Crippen LogP contribution in [0.25, 0.3) is 5.65 Å². The first-order valence-electron chi connectivity index (χ1n) is 8.29. The predicted octanol–water partition coefficient (Wildman–Crippen LogP) is -0.165. The quantitative estimate of drug-likeness (QED) is 0.830. The first-order valence-corrected chi connectivity index (χ1v) is 8.29. The fourth-order valence-corrected chi connectivity index (χ4v) is 3.71. The molecule has 0 spiro atoms. The van der Waals surface area contributed by atoms with Gasteiger partial charge in [-0.05, 0) is 14.0 Å². The van der Waals surface area contributed by atoms with Crippen molar-refractivity contribution in [3.05, 3.63) is 24.0 Å². The average molecular weight is 316 g/mol. The molecule has 4 heterocycles. The molecule has 2 atom stereocenters. The summed E-state index contributed by atoms with van der Waals surface area (Å²) in [7, 11) is 2.16. The van der Waals surface area contributed by atoms with Crippen LogP contribution in [-0.4, -0.2) is 88.0 Å². The van der Waals surface area contributed by atoms with E-state index in [0.717, 1.165) is 49.9 Å². The van der Waals surface area contributed by atoms with Gasteiger partial charge in [-0.3, -0.25) is 4.90 Å². The number of anilines is 1. The number of piperazine rings is 1. The summed E-state index contributed by atoms with van der Waals surface area (Å²) < 4.78 is 1.87. The molecule has 124 valence electrons. The minimum atomic E-state index is -0.322. The van der Waals surface area contributed by atoms with Crippen LogP contribution in [0.1, 0.15) is 5.69 Å². The average Bonchev–Trinajstić information content (AvgIpc) is 3.14. The van der Waals surface area contributed by atoms with E-state index in [1.165, 1.54) is 0 Å². The lowest BCUT2D eigenvalue weighted by Gasteiger charge is -2.37. The molecule has 2 aliphatic heterocycles. The minimum absolute atomic E-state index is 0.197. The molecule has 2 aromatic rings. The Kier molecular flexibility index (Phi) is 3.71. The molecule has 0 bridgehead atoms. The van der Waals surface area contributed by atoms with Gasteiger partial charge >= 0.3 is 0 Å². The number of aliphatic hydroxyl groups excluding tert-OH is 1. The summed E-state index contributed by atoms with van der Waals surface area (Å²) in [4.78, 5) is 11.5. The normalized spacial score (nSPS) is 27.2. The molecule has 2 saturated heterocycles. The first kappa shape index (κ1) is 14.9. The van der Waals surface area contributed by atoms with E-state index in [9.17, 15) is 5.11 Å². The topological polar surface area (TPSA) is 60.1 Å². The van der Waals surface area contributed by atoms with Crippen molar-refractivity contribution in [3.8, 4) is 0 Å². The fraction of sp³-hybridized carbons (Fsp3) is 0.625. The molecule has 0 radical (unpaired) electrons. The van der Waals surface area contributed by atoms with Crippen LogP contribution in [0.4, 0.5) is 5.82 Å². The van der Waals surface area contributed by atoms with Crippen LogP contribution in [0.5, 0.6) is 0 Å². The van der Waals surface area contributed by atoms with Crippen LogP contribution in [-0.2, 0) is 0 Å². The zero-order valence-electron chi connectivity index (χ0n) is 13.8. The van der Waals surface area contributed by atoms with Crippen LogP contribution in [0.2, 0.25) is 0 Å². The Morgan fingerprint density at radius 2 is 1.96 bits per heavy atom. The third-order valence-corrected chi connectivity index (χ3v) is 5.06. The molecule has 0 amide bonds. The lowest BCUT2D eigenvalue weighted by molar-refractivity contribution is 0.0512. The third kappa shape index (κ3) is 2.69. The van der Waals surface area contributed by atoms with Gasteiger partial charge in [0, 0.05) is 57.1 Å². The molecular formula is C16H24N6O. The molecule has 1 N–H and O–H groups in total. The SMILES string of the molecule is Cc1cc(N2C[C@@H](O)[C@H](N3CCN(C)CC3)C2)n2nccc2n1. The molecule has 2 fully saturated rings. The van der Waals surface area contributed by atoms with Crippen LogP contribution < -0.4 is 4.90 Å². The summed E-state index contributed by atoms with van der Waals surface area (Å²) in [5, 5.41) is 15.0. The predicted molar refractivity (Wildman–Crippen MR) is 88.8 cm³/mol. The standard InChI is InChI=1S/C16H24N6O/c1-12-9-16(22-15(18-12)3-4-17-22)21-10-13(14(23)11-21)20-7-5-19(2)6-8-20/h3-4,9,13-14,23H,5-8,10-11H2,1-2H3/t13-,14-/m1/s1. The van der Waals surface area contributed by atoms with Crippen molar-refractivity contribution >= 4 is 11.5 Å². The van der Waals surface area contributed by atoms with Gasteiger partial charge < -0.3 is 14.9 Å². The van der Waals surface area contributed by atoms with Gasteiger partial charge in [-0.1, -0.05) is 0 Å². The molecule has 7 nitrogen and oxygen atoms in total. The lowest BCUT2D eigenvalue weighted by Crippen LogP contribution is -2.52. The number of aryl methyl sites for hydroxylation is 1. The largest absolute Gasteiger partial charge is 0.390 e. The number of rotatable bonds is 2. The van der Waals surface area contributed by atoms with E-state index < -0.39 is 0 Å². The van der Waals surface area contributed by atoms with E-state index >= 15 is 0 Å². The number of fused-ring (bicyclic) bond motifs is 1. The van der Waals surface area contributed by atoms with E-state index in [4.69, 9.17) is 0 Å². The number of aromatic nitrogens is 3. The van der Waals surface area contributed by atoms with Gasteiger partial charge in [-0.2, -0.15) is 9.61 Å². The van der Waals surface area contributed by atoms with Crippen molar-refractivity contribution in [3.63, 3.8) is 0 Å². The van der Waals surface area contributed by atoms with Crippen molar-refractivity contribution in [2.45, 2.75) is 19.1 Å². The van der Waals surface area contributed by atoms with Gasteiger partial charge in [-0.15, -0.1) is 0 Å². The Hall–Kier alpha value is -1.70. The van der Waals surface area contributed by atoms with Gasteiger partial charge in [0.05, 0.1) is 18.3 Å². The van der Waals surface area contributed by atoms with E-state index in [2.05, 4.69) is 37.9 Å². The van der Waals surface area contributed by atoms with Crippen molar-refractivity contribution in [1.29, 1.82) is 0 Å². The van der Waals surface area contributed by atoms with E-state index in [0.29, 0.717) is 6.54 Å². The number of β-amino-alcohol motifs (C(OH)–C–C–N with tert-alkyl or cyclic N) is 1. The van der Waals surface area contributed by atoms with E-state index in [1.54, 1.807) is 6.20 Å². The second-order valence-corrected chi connectivity index (χ2v) is 6.74. The summed E-state index contributed by atoms with van der Waals surface area (Å²) in [6.07, 6.45) is 1.45. The molecule has 4 rings (SSSR count). The van der Waals surface area contributed by atoms with Crippen LogP contribution >= 0.6 is 0 Å². The van der Waals surface area contributed by atoms with Gasteiger partial charge in [0.15, 0.2) is 5.65 Å². The highest BCUT2D eigenvalue weighted by molar-refractivity contribution is 5.51. The smallest absolute Gasteiger partial charge is 0.157 e. The summed E-state index contributed by atoms with van der Waals surface area (Å²) in [6, 6.07) is 4.17. The highest BCUT2D eigenvalue weighted by atomic mass is 16.3. The number of aliphatic hydroxyl groups is 1. The number of hydrogen-bond donors (Lipinski definition) is 1. The third-order valence-electron chi connectivity index (χ3n) is 5.06. The Bertz CT molecular complexity index is 693. The minimum Gasteiger partial charge on any atom is -0.390 e. The molecule has 0 aromatic carbocycles. The fourth-order valence-electron chi connectivity index (χ4n) is 3.71. The summed E-state index contributed by atoms with van der Waals surface area (Å²) in [5.41, 5.74) is 1.84. The Morgan fingerprint density at radius 3 is 2.74 bits per heavy atom. The maximum absolute atomic E-state index is 10.6. The van der Waals surface area contributed by atoms with Gasteiger partial charge in [0.2, 0.25) is 0 Å². The highest BCUT2D eigenvalue weighted by Gasteiger charge is 2.37. The van der Waals surface area contributed by atoms with Crippen molar-refractivity contribution < 1.29 is 5.11 Å². The maximum atomic E-state index is 10.6. The van der Waals surface area contributed by atoms with Gasteiger partial charge in [0.1, 0.15) is 5.82 Å². The summed E-state index contributed by atoms with van der Waals surface area (Å²) in [6.45, 7) is 7.68. The molecule has 0 aliphatic carbocycles. The number of likely N-dealkylation sites (N-methyl/N-ethyl adjacent to an activating group) is 1. The van der Waals surface area contributed by atoms with Crippen molar-refractivity contribution in [1.82, 2.24) is 24.4 Å².